The molecule has 0 spiro atoms. The quantitative estimate of drug-likeness (QED) is 0.818. The number of hydrogen-bond acceptors (Lipinski definition) is 5. The number of carbonyl (C=O) groups excluding carboxylic acids is 1. The Kier molecular flexibility index (Phi) is 5.59. The zero-order valence-electron chi connectivity index (χ0n) is 16.6. The summed E-state index contributed by atoms with van der Waals surface area (Å²) in [7, 11) is 0. The van der Waals surface area contributed by atoms with Gasteiger partial charge < -0.3 is 14.4 Å². The van der Waals surface area contributed by atoms with Crippen molar-refractivity contribution in [3.05, 3.63) is 58.9 Å². The molecule has 0 aliphatic carbocycles. The van der Waals surface area contributed by atoms with E-state index in [0.29, 0.717) is 18.7 Å². The van der Waals surface area contributed by atoms with Crippen molar-refractivity contribution in [3.8, 4) is 5.75 Å². The fraction of sp³-hybridized carbons (Fsp3) is 0.455. The van der Waals surface area contributed by atoms with Crippen LogP contribution in [0.2, 0.25) is 0 Å². The molecule has 6 nitrogen and oxygen atoms in total. The van der Waals surface area contributed by atoms with Crippen LogP contribution in [-0.4, -0.2) is 59.6 Å². The first kappa shape index (κ1) is 18.9. The van der Waals surface area contributed by atoms with Gasteiger partial charge in [0, 0.05) is 37.1 Å². The fourth-order valence-corrected chi connectivity index (χ4v) is 3.79. The molecule has 0 bridgehead atoms. The van der Waals surface area contributed by atoms with Crippen LogP contribution in [0.3, 0.4) is 0 Å². The first-order valence-electron chi connectivity index (χ1n) is 9.89. The Labute approximate surface area is 166 Å². The normalized spacial score (nSPS) is 20.2. The number of aryl methyl sites for hydroxylation is 1. The predicted molar refractivity (Wildman–Crippen MR) is 106 cm³/mol. The lowest BCUT2D eigenvalue weighted by atomic mass is 10.1. The van der Waals surface area contributed by atoms with Crippen molar-refractivity contribution in [2.24, 2.45) is 0 Å². The largest absolute Gasteiger partial charge is 0.491 e. The van der Waals surface area contributed by atoms with E-state index in [9.17, 15) is 4.79 Å². The third kappa shape index (κ3) is 4.03. The molecule has 1 saturated heterocycles. The van der Waals surface area contributed by atoms with Gasteiger partial charge in [0.2, 0.25) is 0 Å². The molecule has 3 heterocycles. The van der Waals surface area contributed by atoms with Gasteiger partial charge >= 0.3 is 0 Å². The topological polar surface area (TPSA) is 54.9 Å². The van der Waals surface area contributed by atoms with Gasteiger partial charge in [-0.3, -0.25) is 14.7 Å². The van der Waals surface area contributed by atoms with Crippen LogP contribution < -0.4 is 4.74 Å². The maximum Gasteiger partial charge on any atom is 0.256 e. The van der Waals surface area contributed by atoms with Crippen molar-refractivity contribution >= 4 is 5.91 Å². The van der Waals surface area contributed by atoms with E-state index >= 15 is 0 Å². The Morgan fingerprint density at radius 2 is 2.07 bits per heavy atom. The summed E-state index contributed by atoms with van der Waals surface area (Å²) in [6.07, 6.45) is 1.72. The summed E-state index contributed by atoms with van der Waals surface area (Å²) < 4.78 is 11.4. The number of fused-ring (bicyclic) bond motifs is 1. The van der Waals surface area contributed by atoms with Crippen molar-refractivity contribution in [1.29, 1.82) is 0 Å². The SMILES string of the molecule is Cc1ncccc1C(=O)N1Cc2cc(CN3CCOCC3)ccc2OCC1C. The second-order valence-electron chi connectivity index (χ2n) is 7.56. The van der Waals surface area contributed by atoms with E-state index in [1.54, 1.807) is 6.20 Å². The molecule has 2 aliphatic heterocycles. The molecule has 1 fully saturated rings. The molecule has 148 valence electrons. The smallest absolute Gasteiger partial charge is 0.256 e. The number of amides is 1. The first-order chi connectivity index (χ1) is 13.6. The summed E-state index contributed by atoms with van der Waals surface area (Å²) >= 11 is 0. The van der Waals surface area contributed by atoms with Crippen LogP contribution in [0.1, 0.15) is 34.1 Å². The molecular weight excluding hydrogens is 354 g/mol. The number of pyridine rings is 1. The van der Waals surface area contributed by atoms with Gasteiger partial charge in [0.25, 0.3) is 5.91 Å². The minimum atomic E-state index is -0.0119. The number of hydrogen-bond donors (Lipinski definition) is 0. The zero-order chi connectivity index (χ0) is 19.5. The maximum atomic E-state index is 13.2. The average Bonchev–Trinajstić information content (AvgIpc) is 2.87. The number of morpholine rings is 1. The van der Waals surface area contributed by atoms with Gasteiger partial charge in [0.15, 0.2) is 0 Å². The van der Waals surface area contributed by atoms with Gasteiger partial charge in [0.05, 0.1) is 31.4 Å². The molecule has 1 aromatic heterocycles. The molecule has 6 heteroatoms. The number of nitrogens with zero attached hydrogens (tertiary/aromatic N) is 3. The highest BCUT2D eigenvalue weighted by molar-refractivity contribution is 5.95. The molecule has 28 heavy (non-hydrogen) atoms. The standard InChI is InChI=1S/C22H27N3O3/c1-16-15-28-21-6-5-18(13-24-8-10-27-11-9-24)12-19(21)14-25(16)22(26)20-4-3-7-23-17(20)2/h3-7,12,16H,8-11,13-15H2,1-2H3. The second-order valence-corrected chi connectivity index (χ2v) is 7.56. The van der Waals surface area contributed by atoms with Gasteiger partial charge in [-0.25, -0.2) is 0 Å². The first-order valence-corrected chi connectivity index (χ1v) is 9.89. The second kappa shape index (κ2) is 8.29. The average molecular weight is 381 g/mol. The highest BCUT2D eigenvalue weighted by Crippen LogP contribution is 2.28. The summed E-state index contributed by atoms with van der Waals surface area (Å²) in [5.41, 5.74) is 3.71. The summed E-state index contributed by atoms with van der Waals surface area (Å²) in [4.78, 5) is 21.8. The van der Waals surface area contributed by atoms with Crippen molar-refractivity contribution in [1.82, 2.24) is 14.8 Å². The molecule has 2 aliphatic rings. The molecular formula is C22H27N3O3. The third-order valence-electron chi connectivity index (χ3n) is 5.49. The van der Waals surface area contributed by atoms with Crippen molar-refractivity contribution in [2.45, 2.75) is 33.0 Å². The summed E-state index contributed by atoms with van der Waals surface area (Å²) in [5, 5.41) is 0. The maximum absolute atomic E-state index is 13.2. The van der Waals surface area contributed by atoms with Gasteiger partial charge in [0.1, 0.15) is 12.4 Å². The van der Waals surface area contributed by atoms with Gasteiger partial charge in [-0.1, -0.05) is 6.07 Å². The molecule has 2 aromatic rings. The number of carbonyl (C=O) groups is 1. The molecule has 1 unspecified atom stereocenters. The van der Waals surface area contributed by atoms with E-state index in [1.165, 1.54) is 5.56 Å². The predicted octanol–water partition coefficient (Wildman–Crippen LogP) is 2.65. The Hall–Kier alpha value is -2.44. The lowest BCUT2D eigenvalue weighted by Crippen LogP contribution is -2.40. The Morgan fingerprint density at radius 3 is 2.86 bits per heavy atom. The van der Waals surface area contributed by atoms with Crippen LogP contribution in [0.15, 0.2) is 36.5 Å². The van der Waals surface area contributed by atoms with E-state index in [1.807, 2.05) is 36.9 Å². The molecule has 1 atom stereocenters. The fourth-order valence-electron chi connectivity index (χ4n) is 3.79. The molecule has 0 N–H and O–H groups in total. The Balaban J connectivity index is 1.56. The monoisotopic (exact) mass is 381 g/mol. The van der Waals surface area contributed by atoms with Crippen molar-refractivity contribution in [2.75, 3.05) is 32.9 Å². The van der Waals surface area contributed by atoms with Crippen LogP contribution in [0.4, 0.5) is 0 Å². The highest BCUT2D eigenvalue weighted by Gasteiger charge is 2.28. The summed E-state index contributed by atoms with van der Waals surface area (Å²) in [5.74, 6) is 0.879. The summed E-state index contributed by atoms with van der Waals surface area (Å²) in [6, 6.07) is 10.00. The Morgan fingerprint density at radius 1 is 1.25 bits per heavy atom. The van der Waals surface area contributed by atoms with Crippen molar-refractivity contribution < 1.29 is 14.3 Å². The number of aromatic nitrogens is 1. The van der Waals surface area contributed by atoms with E-state index in [2.05, 4.69) is 22.0 Å². The lowest BCUT2D eigenvalue weighted by Gasteiger charge is -2.27. The lowest BCUT2D eigenvalue weighted by molar-refractivity contribution is 0.0341. The van der Waals surface area contributed by atoms with Crippen LogP contribution in [0.25, 0.3) is 0 Å². The third-order valence-corrected chi connectivity index (χ3v) is 5.49. The molecule has 1 aromatic carbocycles. The molecule has 0 saturated carbocycles. The van der Waals surface area contributed by atoms with Crippen LogP contribution in [0.5, 0.6) is 5.75 Å². The molecule has 4 rings (SSSR count). The summed E-state index contributed by atoms with van der Waals surface area (Å²) in [6.45, 7) is 9.32. The molecule has 0 radical (unpaired) electrons. The van der Waals surface area contributed by atoms with E-state index in [4.69, 9.17) is 9.47 Å². The Bertz CT molecular complexity index is 849. The zero-order valence-corrected chi connectivity index (χ0v) is 16.6. The molecule has 1 amide bonds. The van der Waals surface area contributed by atoms with Gasteiger partial charge in [-0.15, -0.1) is 0 Å². The van der Waals surface area contributed by atoms with Crippen LogP contribution in [0, 0.1) is 6.92 Å². The minimum Gasteiger partial charge on any atom is -0.491 e. The van der Waals surface area contributed by atoms with Crippen LogP contribution in [-0.2, 0) is 17.8 Å². The van der Waals surface area contributed by atoms with E-state index < -0.39 is 0 Å². The van der Waals surface area contributed by atoms with E-state index in [-0.39, 0.29) is 11.9 Å². The van der Waals surface area contributed by atoms with E-state index in [0.717, 1.165) is 49.9 Å². The van der Waals surface area contributed by atoms with Gasteiger partial charge in [-0.2, -0.15) is 0 Å². The highest BCUT2D eigenvalue weighted by atomic mass is 16.5. The number of benzene rings is 1. The van der Waals surface area contributed by atoms with Crippen LogP contribution >= 0.6 is 0 Å². The van der Waals surface area contributed by atoms with Gasteiger partial charge in [-0.05, 0) is 43.7 Å². The minimum absolute atomic E-state index is 0.00753. The number of ether oxygens (including phenoxy) is 2. The van der Waals surface area contributed by atoms with Crippen molar-refractivity contribution in [3.63, 3.8) is 0 Å². The number of rotatable bonds is 3.